The zero-order valence-corrected chi connectivity index (χ0v) is 28.5. The Balaban J connectivity index is 1.20. The molecule has 4 heterocycles. The van der Waals surface area contributed by atoms with E-state index in [0.29, 0.717) is 24.6 Å². The van der Waals surface area contributed by atoms with Crippen LogP contribution in [-0.2, 0) is 16.0 Å². The first kappa shape index (κ1) is 33.7. The lowest BCUT2D eigenvalue weighted by molar-refractivity contribution is -0.119. The summed E-state index contributed by atoms with van der Waals surface area (Å²) in [6.45, 7) is 10.6. The van der Waals surface area contributed by atoms with Gasteiger partial charge in [0.15, 0.2) is 0 Å². The largest absolute Gasteiger partial charge is 0.383 e. The molecular weight excluding hydrogens is 600 g/mol. The Bertz CT molecular complexity index is 1650. The standard InChI is InChI=1S/C39H48N6O3/c1-4-43-19-17-32(18-20-43)41-39(47)36-16-15-30(25-40-36)38-28(2)37(45(42-38)33-13-9-6-10-14-33)24-34(46)23-31-26-44(21-22-48-3)27-35(31)29-11-7-5-8-12-29/h5-16,25,31-32,35H,4,17-24,26-27H2,1-3H3,(H,41,47)/t31-,35+/m1/s1. The van der Waals surface area contributed by atoms with Crippen LogP contribution in [0.1, 0.15) is 59.4 Å². The van der Waals surface area contributed by atoms with Gasteiger partial charge in [0.05, 0.1) is 23.7 Å². The van der Waals surface area contributed by atoms with Gasteiger partial charge >= 0.3 is 0 Å². The number of methoxy groups -OCH3 is 1. The number of Topliss-reactive ketones (excluding diaryl/α,β-unsaturated/α-hetero) is 1. The smallest absolute Gasteiger partial charge is 0.270 e. The topological polar surface area (TPSA) is 92.6 Å². The van der Waals surface area contributed by atoms with E-state index in [1.807, 2.05) is 54.1 Å². The second-order valence-corrected chi connectivity index (χ2v) is 13.2. The third-order valence-electron chi connectivity index (χ3n) is 10.1. The molecule has 2 atom stereocenters. The maximum Gasteiger partial charge on any atom is 0.270 e. The number of hydrogen-bond acceptors (Lipinski definition) is 7. The van der Waals surface area contributed by atoms with Crippen LogP contribution in [0.15, 0.2) is 79.0 Å². The van der Waals surface area contributed by atoms with Gasteiger partial charge in [-0.25, -0.2) is 4.68 Å². The number of aromatic nitrogens is 3. The van der Waals surface area contributed by atoms with E-state index in [9.17, 15) is 9.59 Å². The van der Waals surface area contributed by atoms with E-state index in [1.54, 1.807) is 19.4 Å². The minimum absolute atomic E-state index is 0.143. The number of likely N-dealkylation sites (tertiary alicyclic amines) is 2. The third kappa shape index (κ3) is 7.92. The number of rotatable bonds is 13. The third-order valence-corrected chi connectivity index (χ3v) is 10.1. The van der Waals surface area contributed by atoms with Crippen LogP contribution in [0.25, 0.3) is 16.9 Å². The summed E-state index contributed by atoms with van der Waals surface area (Å²) in [7, 11) is 1.73. The summed E-state index contributed by atoms with van der Waals surface area (Å²) in [6, 6.07) is 24.4. The molecule has 0 spiro atoms. The maximum absolute atomic E-state index is 13.9. The number of hydrogen-bond donors (Lipinski definition) is 1. The molecule has 4 aromatic rings. The summed E-state index contributed by atoms with van der Waals surface area (Å²) < 4.78 is 7.26. The van der Waals surface area contributed by atoms with Gasteiger partial charge in [0.1, 0.15) is 11.5 Å². The molecule has 1 N–H and O–H groups in total. The fourth-order valence-corrected chi connectivity index (χ4v) is 7.32. The average Bonchev–Trinajstić information content (AvgIpc) is 3.68. The van der Waals surface area contributed by atoms with Crippen LogP contribution in [0.2, 0.25) is 0 Å². The van der Waals surface area contributed by atoms with Crippen LogP contribution < -0.4 is 5.32 Å². The Labute approximate surface area is 284 Å². The Morgan fingerprint density at radius 2 is 1.67 bits per heavy atom. The maximum atomic E-state index is 13.9. The van der Waals surface area contributed by atoms with Gasteiger partial charge in [0.2, 0.25) is 0 Å². The molecule has 9 heteroatoms. The number of ether oxygens (including phenoxy) is 1. The molecule has 2 aliphatic rings. The van der Waals surface area contributed by atoms with Crippen molar-refractivity contribution in [3.8, 4) is 16.9 Å². The van der Waals surface area contributed by atoms with Crippen molar-refractivity contribution in [1.29, 1.82) is 0 Å². The quantitative estimate of drug-likeness (QED) is 0.210. The molecule has 2 aliphatic heterocycles. The second-order valence-electron chi connectivity index (χ2n) is 13.2. The van der Waals surface area contributed by atoms with Crippen LogP contribution in [-0.4, -0.2) is 95.3 Å². The number of nitrogens with one attached hydrogen (secondary N) is 1. The van der Waals surface area contributed by atoms with Crippen LogP contribution in [0, 0.1) is 12.8 Å². The van der Waals surface area contributed by atoms with Gasteiger partial charge in [-0.1, -0.05) is 55.5 Å². The van der Waals surface area contributed by atoms with E-state index in [0.717, 1.165) is 80.3 Å². The molecule has 0 aliphatic carbocycles. The number of para-hydroxylation sites is 1. The van der Waals surface area contributed by atoms with Crippen molar-refractivity contribution in [1.82, 2.24) is 29.9 Å². The van der Waals surface area contributed by atoms with Gasteiger partial charge in [0, 0.05) is 76.4 Å². The van der Waals surface area contributed by atoms with Crippen LogP contribution in [0.4, 0.5) is 0 Å². The number of ketones is 1. The fourth-order valence-electron chi connectivity index (χ4n) is 7.32. The molecule has 2 aromatic carbocycles. The van der Waals surface area contributed by atoms with Gasteiger partial charge in [-0.2, -0.15) is 5.10 Å². The van der Waals surface area contributed by atoms with Crippen molar-refractivity contribution in [2.45, 2.75) is 51.5 Å². The van der Waals surface area contributed by atoms with Gasteiger partial charge in [0.25, 0.3) is 5.91 Å². The molecule has 252 valence electrons. The molecule has 0 radical (unpaired) electrons. The Morgan fingerprint density at radius 3 is 2.33 bits per heavy atom. The fraction of sp³-hybridized carbons (Fsp3) is 0.436. The Morgan fingerprint density at radius 1 is 0.938 bits per heavy atom. The predicted octanol–water partition coefficient (Wildman–Crippen LogP) is 5.32. The first-order chi connectivity index (χ1) is 23.4. The highest BCUT2D eigenvalue weighted by Gasteiger charge is 2.35. The minimum atomic E-state index is -0.143. The van der Waals surface area contributed by atoms with Crippen LogP contribution >= 0.6 is 0 Å². The van der Waals surface area contributed by atoms with Crippen molar-refractivity contribution >= 4 is 11.7 Å². The number of nitrogens with zero attached hydrogens (tertiary/aromatic N) is 5. The lowest BCUT2D eigenvalue weighted by Crippen LogP contribution is -2.44. The van der Waals surface area contributed by atoms with Gasteiger partial charge in [-0.15, -0.1) is 0 Å². The van der Waals surface area contributed by atoms with Gasteiger partial charge in [-0.05, 0) is 67.6 Å². The lowest BCUT2D eigenvalue weighted by atomic mass is 9.85. The first-order valence-corrected chi connectivity index (χ1v) is 17.3. The highest BCUT2D eigenvalue weighted by molar-refractivity contribution is 5.92. The lowest BCUT2D eigenvalue weighted by Gasteiger charge is -2.31. The normalized spacial score (nSPS) is 19.1. The SMILES string of the molecule is CCN1CCC(NC(=O)c2ccc(-c3nn(-c4ccccc4)c(CC(=O)C[C@@H]4CN(CCOC)C[C@H]4c4ccccc4)c3C)cn2)CC1. The van der Waals surface area contributed by atoms with Crippen LogP contribution in [0.3, 0.4) is 0 Å². The zero-order chi connectivity index (χ0) is 33.5. The summed E-state index contributed by atoms with van der Waals surface area (Å²) in [5.41, 5.74) is 6.00. The first-order valence-electron chi connectivity index (χ1n) is 17.3. The average molecular weight is 649 g/mol. The number of piperidine rings is 1. The van der Waals surface area contributed by atoms with Crippen molar-refractivity contribution < 1.29 is 14.3 Å². The molecule has 0 saturated carbocycles. The molecule has 9 nitrogen and oxygen atoms in total. The molecule has 48 heavy (non-hydrogen) atoms. The summed E-state index contributed by atoms with van der Waals surface area (Å²) in [6.07, 6.45) is 4.42. The van der Waals surface area contributed by atoms with E-state index >= 15 is 0 Å². The minimum Gasteiger partial charge on any atom is -0.383 e. The molecule has 2 aromatic heterocycles. The number of amides is 1. The molecule has 1 amide bonds. The van der Waals surface area contributed by atoms with E-state index in [1.165, 1.54) is 5.56 Å². The van der Waals surface area contributed by atoms with Crippen LogP contribution in [0.5, 0.6) is 0 Å². The summed E-state index contributed by atoms with van der Waals surface area (Å²) in [4.78, 5) is 36.3. The van der Waals surface area contributed by atoms with Gasteiger partial charge in [-0.3, -0.25) is 14.6 Å². The van der Waals surface area contributed by atoms with Crippen molar-refractivity contribution in [2.24, 2.45) is 5.92 Å². The summed E-state index contributed by atoms with van der Waals surface area (Å²) in [5, 5.41) is 8.19. The summed E-state index contributed by atoms with van der Waals surface area (Å²) in [5.74, 6) is 0.590. The Kier molecular flexibility index (Phi) is 11.1. The van der Waals surface area contributed by atoms with E-state index in [-0.39, 0.29) is 30.1 Å². The molecule has 2 fully saturated rings. The number of benzene rings is 2. The highest BCUT2D eigenvalue weighted by Crippen LogP contribution is 2.36. The number of pyridine rings is 1. The molecule has 6 rings (SSSR count). The van der Waals surface area contributed by atoms with Crippen molar-refractivity contribution in [3.05, 3.63) is 102 Å². The highest BCUT2D eigenvalue weighted by atomic mass is 16.5. The van der Waals surface area contributed by atoms with E-state index < -0.39 is 0 Å². The zero-order valence-electron chi connectivity index (χ0n) is 28.5. The van der Waals surface area contributed by atoms with Crippen molar-refractivity contribution in [3.63, 3.8) is 0 Å². The van der Waals surface area contributed by atoms with E-state index in [4.69, 9.17) is 9.84 Å². The molecule has 2 saturated heterocycles. The van der Waals surface area contributed by atoms with E-state index in [2.05, 4.69) is 51.3 Å². The summed E-state index contributed by atoms with van der Waals surface area (Å²) >= 11 is 0. The monoisotopic (exact) mass is 648 g/mol. The molecule has 0 unspecified atom stereocenters. The Hall–Kier alpha value is -4.18. The second kappa shape index (κ2) is 15.8. The number of carbonyl (C=O) groups excluding carboxylic acids is 2. The number of carbonyl (C=O) groups is 2. The molecular formula is C39H48N6O3. The molecule has 0 bridgehead atoms. The van der Waals surface area contributed by atoms with Gasteiger partial charge < -0.3 is 19.9 Å². The van der Waals surface area contributed by atoms with Crippen molar-refractivity contribution in [2.75, 3.05) is 53.0 Å². The predicted molar refractivity (Wildman–Crippen MR) is 188 cm³/mol.